The molecule has 1 saturated heterocycles. The van der Waals surface area contributed by atoms with Crippen LogP contribution in [-0.2, 0) is 9.53 Å². The molecule has 176 valence electrons. The van der Waals surface area contributed by atoms with E-state index in [-0.39, 0.29) is 23.7 Å². The fraction of sp³-hybridized carbons (Fsp3) is 0.963. The smallest absolute Gasteiger partial charge is 0.252 e. The van der Waals surface area contributed by atoms with Gasteiger partial charge in [-0.2, -0.15) is 0 Å². The van der Waals surface area contributed by atoms with Crippen LogP contribution in [-0.4, -0.2) is 47.3 Å². The number of nitrogens with zero attached hydrogens (tertiary/aromatic N) is 1. The van der Waals surface area contributed by atoms with Crippen molar-refractivity contribution in [2.45, 2.75) is 109 Å². The summed E-state index contributed by atoms with van der Waals surface area (Å²) in [6.07, 6.45) is 12.2. The third-order valence-corrected chi connectivity index (χ3v) is 11.0. The van der Waals surface area contributed by atoms with Crippen molar-refractivity contribution in [3.63, 3.8) is 0 Å². The first kappa shape index (κ1) is 22.2. The van der Waals surface area contributed by atoms with E-state index in [1.54, 1.807) is 7.11 Å². The summed E-state index contributed by atoms with van der Waals surface area (Å²) in [6, 6.07) is 0. The van der Waals surface area contributed by atoms with Gasteiger partial charge in [0.1, 0.15) is 6.10 Å². The molecule has 10 unspecified atom stereocenters. The fourth-order valence-electron chi connectivity index (χ4n) is 9.17. The number of ether oxygens (including phenoxy) is 1. The monoisotopic (exact) mass is 431 g/mol. The minimum absolute atomic E-state index is 0.0102. The standard InChI is InChI=1S/C27H45NO3/c1-5-6-7-23(31-4)25(30)28-16-17-14-21(17)24-20-9-8-18-15-19(29)10-12-26(18,2)22(20)11-13-27(24,28)3/h17-24,29H,5-16H2,1-4H3. The third kappa shape index (κ3) is 3.41. The lowest BCUT2D eigenvalue weighted by Crippen LogP contribution is -2.66. The highest BCUT2D eigenvalue weighted by Crippen LogP contribution is 2.68. The van der Waals surface area contributed by atoms with Gasteiger partial charge >= 0.3 is 0 Å². The molecule has 0 aromatic rings. The lowest BCUT2D eigenvalue weighted by atomic mass is 9.45. The maximum atomic E-state index is 13.7. The van der Waals surface area contributed by atoms with Crippen molar-refractivity contribution in [3.05, 3.63) is 0 Å². The number of carbonyl (C=O) groups excluding carboxylic acids is 1. The van der Waals surface area contributed by atoms with Crippen molar-refractivity contribution >= 4 is 5.91 Å². The predicted octanol–water partition coefficient (Wildman–Crippen LogP) is 5.03. The molecule has 4 saturated carbocycles. The van der Waals surface area contributed by atoms with E-state index in [0.717, 1.165) is 68.7 Å². The molecule has 0 spiro atoms. The SMILES string of the molecule is CCCCC(OC)C(=O)N1CC2CC2C2C3CCC4CC(O)CCC4(C)C3CCC21C. The van der Waals surface area contributed by atoms with Crippen molar-refractivity contribution in [1.82, 2.24) is 4.90 Å². The van der Waals surface area contributed by atoms with Crippen LogP contribution in [0.3, 0.4) is 0 Å². The zero-order valence-electron chi connectivity index (χ0n) is 20.3. The normalized spacial score (nSPS) is 49.3. The van der Waals surface area contributed by atoms with Gasteiger partial charge in [0.15, 0.2) is 0 Å². The van der Waals surface area contributed by atoms with Crippen molar-refractivity contribution in [2.75, 3.05) is 13.7 Å². The van der Waals surface area contributed by atoms with Crippen LogP contribution in [0.25, 0.3) is 0 Å². The molecule has 1 amide bonds. The van der Waals surface area contributed by atoms with Crippen LogP contribution in [0.4, 0.5) is 0 Å². The van der Waals surface area contributed by atoms with E-state index in [0.29, 0.717) is 17.3 Å². The number of rotatable bonds is 5. The number of aliphatic hydroxyl groups excluding tert-OH is 1. The molecule has 31 heavy (non-hydrogen) atoms. The van der Waals surface area contributed by atoms with Crippen molar-refractivity contribution in [3.8, 4) is 0 Å². The first-order valence-electron chi connectivity index (χ1n) is 13.4. The molecule has 1 aliphatic heterocycles. The molecule has 0 radical (unpaired) electrons. The number of hydrogen-bond acceptors (Lipinski definition) is 3. The maximum Gasteiger partial charge on any atom is 0.252 e. The Bertz CT molecular complexity index is 696. The van der Waals surface area contributed by atoms with Crippen LogP contribution >= 0.6 is 0 Å². The lowest BCUT2D eigenvalue weighted by molar-refractivity contribution is -0.176. The van der Waals surface area contributed by atoms with Gasteiger partial charge in [0, 0.05) is 19.2 Å². The number of unbranched alkanes of at least 4 members (excludes halogenated alkanes) is 1. The summed E-state index contributed by atoms with van der Waals surface area (Å²) in [4.78, 5) is 16.0. The largest absolute Gasteiger partial charge is 0.393 e. The second-order valence-electron chi connectivity index (χ2n) is 12.4. The van der Waals surface area contributed by atoms with Gasteiger partial charge in [0.05, 0.1) is 6.10 Å². The first-order valence-corrected chi connectivity index (χ1v) is 13.4. The minimum Gasteiger partial charge on any atom is -0.393 e. The molecule has 0 bridgehead atoms. The van der Waals surface area contributed by atoms with E-state index in [2.05, 4.69) is 25.7 Å². The highest BCUT2D eigenvalue weighted by Gasteiger charge is 2.66. The Labute approximate surface area is 189 Å². The van der Waals surface area contributed by atoms with Crippen LogP contribution in [0.1, 0.15) is 91.4 Å². The molecule has 4 aliphatic carbocycles. The third-order valence-electron chi connectivity index (χ3n) is 11.0. The van der Waals surface area contributed by atoms with Gasteiger partial charge in [-0.25, -0.2) is 0 Å². The summed E-state index contributed by atoms with van der Waals surface area (Å²) < 4.78 is 5.73. The molecule has 5 aliphatic rings. The summed E-state index contributed by atoms with van der Waals surface area (Å²) >= 11 is 0. The molecular formula is C27H45NO3. The van der Waals surface area contributed by atoms with Crippen LogP contribution < -0.4 is 0 Å². The average molecular weight is 432 g/mol. The van der Waals surface area contributed by atoms with E-state index in [9.17, 15) is 9.90 Å². The van der Waals surface area contributed by atoms with Gasteiger partial charge in [0.25, 0.3) is 5.91 Å². The van der Waals surface area contributed by atoms with Gasteiger partial charge in [-0.15, -0.1) is 0 Å². The molecule has 1 N–H and O–H groups in total. The van der Waals surface area contributed by atoms with Crippen LogP contribution in [0.15, 0.2) is 0 Å². The number of piperidine rings is 1. The molecule has 10 atom stereocenters. The van der Waals surface area contributed by atoms with E-state index in [1.165, 1.54) is 32.1 Å². The molecule has 5 fully saturated rings. The zero-order valence-corrected chi connectivity index (χ0v) is 20.3. The van der Waals surface area contributed by atoms with E-state index < -0.39 is 0 Å². The quantitative estimate of drug-likeness (QED) is 0.664. The topological polar surface area (TPSA) is 49.8 Å². The Balaban J connectivity index is 1.41. The van der Waals surface area contributed by atoms with Crippen LogP contribution in [0, 0.1) is 40.9 Å². The van der Waals surface area contributed by atoms with Gasteiger partial charge in [-0.05, 0) is 106 Å². The van der Waals surface area contributed by atoms with Crippen molar-refractivity contribution < 1.29 is 14.6 Å². The number of hydrogen-bond donors (Lipinski definition) is 1. The fourth-order valence-corrected chi connectivity index (χ4v) is 9.17. The molecule has 4 nitrogen and oxygen atoms in total. The van der Waals surface area contributed by atoms with Gasteiger partial charge in [-0.3, -0.25) is 4.79 Å². The molecule has 0 aromatic carbocycles. The molecule has 4 heteroatoms. The first-order chi connectivity index (χ1) is 14.8. The minimum atomic E-state index is -0.265. The summed E-state index contributed by atoms with van der Waals surface area (Å²) in [6.45, 7) is 8.15. The zero-order chi connectivity index (χ0) is 22.0. The predicted molar refractivity (Wildman–Crippen MR) is 122 cm³/mol. The van der Waals surface area contributed by atoms with E-state index in [4.69, 9.17) is 4.74 Å². The Kier molecular flexibility index (Phi) is 5.73. The number of aliphatic hydroxyl groups is 1. The van der Waals surface area contributed by atoms with E-state index in [1.807, 2.05) is 0 Å². The maximum absolute atomic E-state index is 13.7. The van der Waals surface area contributed by atoms with Crippen LogP contribution in [0.2, 0.25) is 0 Å². The second kappa shape index (κ2) is 8.01. The number of fused-ring (bicyclic) bond motifs is 7. The lowest BCUT2D eigenvalue weighted by Gasteiger charge is -2.64. The second-order valence-corrected chi connectivity index (χ2v) is 12.4. The molecule has 5 rings (SSSR count). The average Bonchev–Trinajstić information content (AvgIpc) is 3.52. The number of likely N-dealkylation sites (tertiary alicyclic amines) is 1. The highest BCUT2D eigenvalue weighted by molar-refractivity contribution is 5.82. The highest BCUT2D eigenvalue weighted by atomic mass is 16.5. The van der Waals surface area contributed by atoms with Crippen molar-refractivity contribution in [2.24, 2.45) is 40.9 Å². The summed E-state index contributed by atoms with van der Waals surface area (Å²) in [5, 5.41) is 10.3. The number of amides is 1. The number of carbonyl (C=O) groups is 1. The Morgan fingerprint density at radius 2 is 1.94 bits per heavy atom. The molecular weight excluding hydrogens is 386 g/mol. The Hall–Kier alpha value is -0.610. The van der Waals surface area contributed by atoms with Gasteiger partial charge in [-0.1, -0.05) is 26.7 Å². The summed E-state index contributed by atoms with van der Waals surface area (Å²) in [7, 11) is 1.72. The van der Waals surface area contributed by atoms with Crippen LogP contribution in [0.5, 0.6) is 0 Å². The summed E-state index contributed by atoms with van der Waals surface area (Å²) in [5.74, 6) is 4.75. The number of methoxy groups -OCH3 is 1. The summed E-state index contributed by atoms with van der Waals surface area (Å²) in [5.41, 5.74) is 0.409. The molecule has 1 heterocycles. The Morgan fingerprint density at radius 3 is 2.68 bits per heavy atom. The Morgan fingerprint density at radius 1 is 1.13 bits per heavy atom. The van der Waals surface area contributed by atoms with Gasteiger partial charge < -0.3 is 14.7 Å². The van der Waals surface area contributed by atoms with Gasteiger partial charge in [0.2, 0.25) is 0 Å². The molecule has 0 aromatic heterocycles. The van der Waals surface area contributed by atoms with E-state index >= 15 is 0 Å². The van der Waals surface area contributed by atoms with Crippen molar-refractivity contribution in [1.29, 1.82) is 0 Å².